The fourth-order valence-corrected chi connectivity index (χ4v) is 0.948. The molecule has 58 valence electrons. The van der Waals surface area contributed by atoms with Crippen LogP contribution >= 0.6 is 0 Å². The summed E-state index contributed by atoms with van der Waals surface area (Å²) in [5.74, 6) is -2.37. The second kappa shape index (κ2) is 2.58. The van der Waals surface area contributed by atoms with Gasteiger partial charge in [0.1, 0.15) is 12.0 Å². The van der Waals surface area contributed by atoms with E-state index < -0.39 is 23.8 Å². The zero-order chi connectivity index (χ0) is 8.43. The van der Waals surface area contributed by atoms with Crippen molar-refractivity contribution in [2.24, 2.45) is 5.92 Å². The van der Waals surface area contributed by atoms with Crippen molar-refractivity contribution in [3.63, 3.8) is 0 Å². The first-order valence-electron chi connectivity index (χ1n) is 3.08. The van der Waals surface area contributed by atoms with E-state index >= 15 is 0 Å². The lowest BCUT2D eigenvalue weighted by Gasteiger charge is -1.99. The van der Waals surface area contributed by atoms with E-state index in [1.807, 2.05) is 0 Å². The van der Waals surface area contributed by atoms with E-state index in [4.69, 9.17) is 10.4 Å². The molecule has 0 spiro atoms. The molecule has 5 heteroatoms. The summed E-state index contributed by atoms with van der Waals surface area (Å²) in [6, 6.07) is 0.841. The zero-order valence-corrected chi connectivity index (χ0v) is 5.57. The summed E-state index contributed by atoms with van der Waals surface area (Å²) in [7, 11) is 0. The molecule has 1 aliphatic rings. The van der Waals surface area contributed by atoms with E-state index in [1.54, 1.807) is 6.07 Å². The number of nitriles is 1. The highest BCUT2D eigenvalue weighted by molar-refractivity contribution is 5.90. The maximum Gasteiger partial charge on any atom is 0.326 e. The Morgan fingerprint density at radius 3 is 2.73 bits per heavy atom. The molecule has 0 aliphatic carbocycles. The third-order valence-corrected chi connectivity index (χ3v) is 1.56. The van der Waals surface area contributed by atoms with Gasteiger partial charge in [-0.15, -0.1) is 0 Å². The minimum absolute atomic E-state index is 0.0741. The number of carboxylic acids is 1. The Hall–Kier alpha value is -1.57. The largest absolute Gasteiger partial charge is 0.480 e. The third kappa shape index (κ3) is 1.29. The highest BCUT2D eigenvalue weighted by Crippen LogP contribution is 2.13. The molecule has 0 aromatic rings. The summed E-state index contributed by atoms with van der Waals surface area (Å²) in [5, 5.41) is 18.9. The van der Waals surface area contributed by atoms with Crippen molar-refractivity contribution < 1.29 is 14.7 Å². The number of amides is 1. The molecule has 2 atom stereocenters. The number of carbonyl (C=O) groups is 2. The van der Waals surface area contributed by atoms with E-state index in [1.165, 1.54) is 0 Å². The van der Waals surface area contributed by atoms with Gasteiger partial charge < -0.3 is 10.4 Å². The Morgan fingerprint density at radius 1 is 1.82 bits per heavy atom. The molecule has 2 N–H and O–H groups in total. The van der Waals surface area contributed by atoms with Crippen molar-refractivity contribution in [2.75, 3.05) is 0 Å². The van der Waals surface area contributed by atoms with Crippen LogP contribution in [0.1, 0.15) is 6.42 Å². The lowest BCUT2D eigenvalue weighted by Crippen LogP contribution is -2.32. The summed E-state index contributed by atoms with van der Waals surface area (Å²) in [5.41, 5.74) is 0. The van der Waals surface area contributed by atoms with Crippen LogP contribution < -0.4 is 5.32 Å². The first-order chi connectivity index (χ1) is 5.15. The number of nitrogens with one attached hydrogen (secondary N) is 1. The van der Waals surface area contributed by atoms with Crippen LogP contribution in [0.25, 0.3) is 0 Å². The van der Waals surface area contributed by atoms with Gasteiger partial charge in [0, 0.05) is 6.42 Å². The Morgan fingerprint density at radius 2 is 2.45 bits per heavy atom. The van der Waals surface area contributed by atoms with Crippen LogP contribution in [0.3, 0.4) is 0 Å². The van der Waals surface area contributed by atoms with Gasteiger partial charge in [-0.1, -0.05) is 0 Å². The number of nitrogens with zero attached hydrogens (tertiary/aromatic N) is 1. The predicted molar refractivity (Wildman–Crippen MR) is 33.3 cm³/mol. The van der Waals surface area contributed by atoms with E-state index in [2.05, 4.69) is 5.32 Å². The van der Waals surface area contributed by atoms with Crippen molar-refractivity contribution in [3.05, 3.63) is 0 Å². The molecule has 0 radical (unpaired) electrons. The van der Waals surface area contributed by atoms with Crippen LogP contribution in [0, 0.1) is 17.2 Å². The van der Waals surface area contributed by atoms with E-state index in [0.717, 1.165) is 0 Å². The van der Waals surface area contributed by atoms with Crippen LogP contribution in [-0.2, 0) is 9.59 Å². The van der Waals surface area contributed by atoms with Gasteiger partial charge in [0.2, 0.25) is 5.91 Å². The van der Waals surface area contributed by atoms with Crippen LogP contribution in [-0.4, -0.2) is 23.0 Å². The highest BCUT2D eigenvalue weighted by atomic mass is 16.4. The number of hydrogen-bond donors (Lipinski definition) is 2. The molecule has 1 rings (SSSR count). The van der Waals surface area contributed by atoms with Gasteiger partial charge in [0.15, 0.2) is 0 Å². The van der Waals surface area contributed by atoms with Gasteiger partial charge in [-0.3, -0.25) is 4.79 Å². The molecule has 0 bridgehead atoms. The summed E-state index contributed by atoms with van der Waals surface area (Å²) >= 11 is 0. The van der Waals surface area contributed by atoms with Crippen molar-refractivity contribution in [1.82, 2.24) is 5.32 Å². The number of carboxylic acid groups (broad SMARTS) is 1. The maximum atomic E-state index is 10.7. The van der Waals surface area contributed by atoms with Crippen molar-refractivity contribution >= 4 is 11.9 Å². The van der Waals surface area contributed by atoms with Crippen molar-refractivity contribution in [1.29, 1.82) is 5.26 Å². The van der Waals surface area contributed by atoms with E-state index in [9.17, 15) is 9.59 Å². The Kier molecular flexibility index (Phi) is 1.77. The lowest BCUT2D eigenvalue weighted by molar-refractivity contribution is -0.140. The maximum absolute atomic E-state index is 10.7. The molecule has 0 saturated carbocycles. The van der Waals surface area contributed by atoms with Gasteiger partial charge in [0.25, 0.3) is 0 Å². The van der Waals surface area contributed by atoms with Crippen LogP contribution in [0.15, 0.2) is 0 Å². The standard InChI is InChI=1S/C6H6N2O3/c7-2-3-1-4(6(10)11)8-5(3)9/h3-4H,1H2,(H,8,9)(H,10,11)/t3?,4-/m0/s1. The average molecular weight is 154 g/mol. The molecule has 5 nitrogen and oxygen atoms in total. The fourth-order valence-electron chi connectivity index (χ4n) is 0.948. The summed E-state index contributed by atoms with van der Waals surface area (Å²) in [6.45, 7) is 0. The molecule has 1 unspecified atom stereocenters. The Balaban J connectivity index is 2.65. The van der Waals surface area contributed by atoms with Gasteiger partial charge in [-0.25, -0.2) is 4.79 Å². The SMILES string of the molecule is N#CC1C[C@@H](C(=O)O)NC1=O. The Bertz CT molecular complexity index is 243. The number of hydrogen-bond acceptors (Lipinski definition) is 3. The van der Waals surface area contributed by atoms with Crippen LogP contribution in [0.4, 0.5) is 0 Å². The first-order valence-corrected chi connectivity index (χ1v) is 3.08. The molecular formula is C6H6N2O3. The molecule has 0 aromatic heterocycles. The quantitative estimate of drug-likeness (QED) is 0.512. The topological polar surface area (TPSA) is 90.2 Å². The van der Waals surface area contributed by atoms with E-state index in [-0.39, 0.29) is 6.42 Å². The third-order valence-electron chi connectivity index (χ3n) is 1.56. The second-order valence-corrected chi connectivity index (χ2v) is 2.32. The molecular weight excluding hydrogens is 148 g/mol. The van der Waals surface area contributed by atoms with Crippen LogP contribution in [0.5, 0.6) is 0 Å². The highest BCUT2D eigenvalue weighted by Gasteiger charge is 2.35. The molecule has 11 heavy (non-hydrogen) atoms. The van der Waals surface area contributed by atoms with Crippen LogP contribution in [0.2, 0.25) is 0 Å². The molecule has 0 aromatic carbocycles. The zero-order valence-electron chi connectivity index (χ0n) is 5.57. The van der Waals surface area contributed by atoms with Crippen molar-refractivity contribution in [2.45, 2.75) is 12.5 Å². The molecule has 1 amide bonds. The number of carbonyl (C=O) groups excluding carboxylic acids is 1. The molecule has 1 aliphatic heterocycles. The predicted octanol–water partition coefficient (Wildman–Crippen LogP) is -0.901. The smallest absolute Gasteiger partial charge is 0.326 e. The average Bonchev–Trinajstić information content (AvgIpc) is 2.31. The summed E-state index contributed by atoms with van der Waals surface area (Å²) in [6.07, 6.45) is 0.0741. The summed E-state index contributed by atoms with van der Waals surface area (Å²) in [4.78, 5) is 21.0. The number of rotatable bonds is 1. The second-order valence-electron chi connectivity index (χ2n) is 2.32. The minimum atomic E-state index is -1.09. The first kappa shape index (κ1) is 7.54. The molecule has 1 saturated heterocycles. The van der Waals surface area contributed by atoms with Crippen molar-refractivity contribution in [3.8, 4) is 6.07 Å². The minimum Gasteiger partial charge on any atom is -0.480 e. The molecule has 1 fully saturated rings. The molecule has 1 heterocycles. The monoisotopic (exact) mass is 154 g/mol. The van der Waals surface area contributed by atoms with Gasteiger partial charge in [-0.05, 0) is 0 Å². The van der Waals surface area contributed by atoms with E-state index in [0.29, 0.717) is 0 Å². The summed E-state index contributed by atoms with van der Waals surface area (Å²) < 4.78 is 0. The van der Waals surface area contributed by atoms with Gasteiger partial charge >= 0.3 is 5.97 Å². The fraction of sp³-hybridized carbons (Fsp3) is 0.500. The Labute approximate surface area is 62.6 Å². The van der Waals surface area contributed by atoms with Gasteiger partial charge in [0.05, 0.1) is 6.07 Å². The van der Waals surface area contributed by atoms with Gasteiger partial charge in [-0.2, -0.15) is 5.26 Å². The normalized spacial score (nSPS) is 29.2. The number of aliphatic carboxylic acids is 1. The lowest BCUT2D eigenvalue weighted by atomic mass is 10.1.